The SMILES string of the molecule is CC(Cn1nc(N)nc1Br)C(C)(C)C. The number of nitrogens with two attached hydrogens (primary N) is 1. The van der Waals surface area contributed by atoms with Crippen LogP contribution in [0.15, 0.2) is 4.73 Å². The van der Waals surface area contributed by atoms with Gasteiger partial charge in [0.25, 0.3) is 0 Å². The van der Waals surface area contributed by atoms with Crippen molar-refractivity contribution in [2.75, 3.05) is 5.73 Å². The van der Waals surface area contributed by atoms with Crippen molar-refractivity contribution in [2.24, 2.45) is 11.3 Å². The second-order valence-corrected chi connectivity index (χ2v) is 5.40. The van der Waals surface area contributed by atoms with Crippen LogP contribution in [0.1, 0.15) is 27.7 Å². The van der Waals surface area contributed by atoms with E-state index in [4.69, 9.17) is 5.73 Å². The van der Waals surface area contributed by atoms with Gasteiger partial charge in [0.15, 0.2) is 4.73 Å². The van der Waals surface area contributed by atoms with Crippen molar-refractivity contribution in [2.45, 2.75) is 34.2 Å². The molecule has 0 fully saturated rings. The van der Waals surface area contributed by atoms with E-state index in [2.05, 4.69) is 53.7 Å². The van der Waals surface area contributed by atoms with E-state index in [9.17, 15) is 0 Å². The lowest BCUT2D eigenvalue weighted by Gasteiger charge is -2.26. The van der Waals surface area contributed by atoms with Gasteiger partial charge >= 0.3 is 0 Å². The van der Waals surface area contributed by atoms with Crippen molar-refractivity contribution in [1.82, 2.24) is 14.8 Å². The van der Waals surface area contributed by atoms with E-state index in [-0.39, 0.29) is 5.41 Å². The van der Waals surface area contributed by atoms with E-state index < -0.39 is 0 Å². The summed E-state index contributed by atoms with van der Waals surface area (Å²) in [6, 6.07) is 0. The van der Waals surface area contributed by atoms with E-state index in [1.807, 2.05) is 0 Å². The normalized spacial score (nSPS) is 14.4. The summed E-state index contributed by atoms with van der Waals surface area (Å²) in [6.07, 6.45) is 0. The molecule has 80 valence electrons. The second-order valence-electron chi connectivity index (χ2n) is 4.69. The first-order valence-corrected chi connectivity index (χ1v) is 5.46. The maximum absolute atomic E-state index is 5.49. The number of hydrogen-bond acceptors (Lipinski definition) is 3. The van der Waals surface area contributed by atoms with Crippen LogP contribution in [-0.2, 0) is 6.54 Å². The summed E-state index contributed by atoms with van der Waals surface area (Å²) in [6.45, 7) is 9.67. The predicted octanol–water partition coefficient (Wildman–Crippen LogP) is 2.30. The minimum Gasteiger partial charge on any atom is -0.366 e. The van der Waals surface area contributed by atoms with E-state index in [1.165, 1.54) is 0 Å². The Morgan fingerprint density at radius 3 is 2.43 bits per heavy atom. The van der Waals surface area contributed by atoms with Gasteiger partial charge in [-0.2, -0.15) is 4.98 Å². The van der Waals surface area contributed by atoms with Crippen molar-refractivity contribution in [1.29, 1.82) is 0 Å². The Morgan fingerprint density at radius 1 is 1.50 bits per heavy atom. The van der Waals surface area contributed by atoms with Crippen molar-refractivity contribution in [3.8, 4) is 0 Å². The summed E-state index contributed by atoms with van der Waals surface area (Å²) in [4.78, 5) is 3.99. The summed E-state index contributed by atoms with van der Waals surface area (Å²) in [5.41, 5.74) is 5.76. The minimum absolute atomic E-state index is 0.264. The first kappa shape index (κ1) is 11.5. The number of anilines is 1. The van der Waals surface area contributed by atoms with Crippen LogP contribution in [-0.4, -0.2) is 14.8 Å². The molecule has 1 aromatic rings. The lowest BCUT2D eigenvalue weighted by Crippen LogP contribution is -2.23. The van der Waals surface area contributed by atoms with E-state index >= 15 is 0 Å². The van der Waals surface area contributed by atoms with Gasteiger partial charge in [0.2, 0.25) is 5.95 Å². The molecule has 1 aromatic heterocycles. The summed E-state index contributed by atoms with van der Waals surface area (Å²) in [5.74, 6) is 0.831. The molecule has 1 heterocycles. The third kappa shape index (κ3) is 2.70. The highest BCUT2D eigenvalue weighted by atomic mass is 79.9. The Hall–Kier alpha value is -0.580. The second kappa shape index (κ2) is 3.88. The van der Waals surface area contributed by atoms with E-state index in [0.717, 1.165) is 6.54 Å². The minimum atomic E-state index is 0.264. The third-order valence-corrected chi connectivity index (χ3v) is 3.15. The molecular weight excluding hydrogens is 244 g/mol. The number of halogens is 1. The molecule has 1 rings (SSSR count). The average molecular weight is 261 g/mol. The summed E-state index contributed by atoms with van der Waals surface area (Å²) in [7, 11) is 0. The molecule has 0 spiro atoms. The zero-order valence-corrected chi connectivity index (χ0v) is 10.7. The smallest absolute Gasteiger partial charge is 0.240 e. The monoisotopic (exact) mass is 260 g/mol. The Labute approximate surface area is 93.0 Å². The first-order chi connectivity index (χ1) is 6.30. The lowest BCUT2D eigenvalue weighted by atomic mass is 9.82. The molecule has 0 aromatic carbocycles. The highest BCUT2D eigenvalue weighted by Gasteiger charge is 2.21. The average Bonchev–Trinajstić information content (AvgIpc) is 2.28. The Balaban J connectivity index is 2.74. The van der Waals surface area contributed by atoms with Crippen LogP contribution >= 0.6 is 15.9 Å². The molecule has 0 aliphatic heterocycles. The standard InChI is InChI=1S/C9H17BrN4/c1-6(9(2,3)4)5-14-7(10)12-8(11)13-14/h6H,5H2,1-4H3,(H2,11,13). The number of nitrogen functional groups attached to an aromatic ring is 1. The van der Waals surface area contributed by atoms with Gasteiger partial charge < -0.3 is 5.73 Å². The van der Waals surface area contributed by atoms with E-state index in [1.54, 1.807) is 4.68 Å². The number of nitrogens with zero attached hydrogens (tertiary/aromatic N) is 3. The van der Waals surface area contributed by atoms with Crippen LogP contribution in [0.5, 0.6) is 0 Å². The molecule has 0 radical (unpaired) electrons. The number of rotatable bonds is 2. The molecule has 4 nitrogen and oxygen atoms in total. The van der Waals surface area contributed by atoms with Gasteiger partial charge in [0.05, 0.1) is 0 Å². The largest absolute Gasteiger partial charge is 0.366 e. The topological polar surface area (TPSA) is 56.7 Å². The fraction of sp³-hybridized carbons (Fsp3) is 0.778. The Bertz CT molecular complexity index is 313. The van der Waals surface area contributed by atoms with Gasteiger partial charge in [-0.25, -0.2) is 4.68 Å². The summed E-state index contributed by atoms with van der Waals surface area (Å²) in [5, 5.41) is 4.10. The zero-order chi connectivity index (χ0) is 10.9. The first-order valence-electron chi connectivity index (χ1n) is 4.66. The number of aromatic nitrogens is 3. The van der Waals surface area contributed by atoms with Crippen LogP contribution in [0, 0.1) is 11.3 Å². The maximum Gasteiger partial charge on any atom is 0.240 e. The molecule has 5 heteroatoms. The predicted molar refractivity (Wildman–Crippen MR) is 60.8 cm³/mol. The molecular formula is C9H17BrN4. The molecule has 14 heavy (non-hydrogen) atoms. The van der Waals surface area contributed by atoms with Crippen LogP contribution < -0.4 is 5.73 Å². The van der Waals surface area contributed by atoms with Crippen molar-refractivity contribution in [3.05, 3.63) is 4.73 Å². The van der Waals surface area contributed by atoms with Gasteiger partial charge in [-0.3, -0.25) is 0 Å². The lowest BCUT2D eigenvalue weighted by molar-refractivity contribution is 0.224. The molecule has 0 saturated carbocycles. The Kier molecular flexibility index (Phi) is 3.19. The molecule has 0 amide bonds. The van der Waals surface area contributed by atoms with Gasteiger partial charge in [-0.15, -0.1) is 5.10 Å². The molecule has 0 saturated heterocycles. The van der Waals surface area contributed by atoms with Crippen molar-refractivity contribution < 1.29 is 0 Å². The maximum atomic E-state index is 5.49. The molecule has 0 bridgehead atoms. The molecule has 0 aliphatic rings. The highest BCUT2D eigenvalue weighted by Crippen LogP contribution is 2.27. The fourth-order valence-corrected chi connectivity index (χ4v) is 1.39. The van der Waals surface area contributed by atoms with Crippen molar-refractivity contribution in [3.63, 3.8) is 0 Å². The quantitative estimate of drug-likeness (QED) is 0.888. The van der Waals surface area contributed by atoms with Crippen molar-refractivity contribution >= 4 is 21.9 Å². The molecule has 2 N–H and O–H groups in total. The Morgan fingerprint density at radius 2 is 2.07 bits per heavy atom. The van der Waals surface area contributed by atoms with Gasteiger partial charge in [-0.1, -0.05) is 27.7 Å². The van der Waals surface area contributed by atoms with Crippen LogP contribution in [0.25, 0.3) is 0 Å². The summed E-state index contributed by atoms with van der Waals surface area (Å²) >= 11 is 3.32. The van der Waals surface area contributed by atoms with E-state index in [0.29, 0.717) is 16.6 Å². The molecule has 1 unspecified atom stereocenters. The molecule has 0 aliphatic carbocycles. The third-order valence-electron chi connectivity index (χ3n) is 2.57. The van der Waals surface area contributed by atoms with Gasteiger partial charge in [-0.05, 0) is 27.3 Å². The number of hydrogen-bond donors (Lipinski definition) is 1. The zero-order valence-electron chi connectivity index (χ0n) is 9.08. The molecule has 1 atom stereocenters. The van der Waals surface area contributed by atoms with Gasteiger partial charge in [0.1, 0.15) is 0 Å². The van der Waals surface area contributed by atoms with Crippen LogP contribution in [0.4, 0.5) is 5.95 Å². The van der Waals surface area contributed by atoms with Crippen LogP contribution in [0.2, 0.25) is 0 Å². The fourth-order valence-electron chi connectivity index (χ4n) is 0.989. The summed E-state index contributed by atoms with van der Waals surface area (Å²) < 4.78 is 2.50. The van der Waals surface area contributed by atoms with Crippen LogP contribution in [0.3, 0.4) is 0 Å². The van der Waals surface area contributed by atoms with Gasteiger partial charge in [0, 0.05) is 6.54 Å². The highest BCUT2D eigenvalue weighted by molar-refractivity contribution is 9.10.